The third-order valence-corrected chi connectivity index (χ3v) is 3.40. The molecule has 0 amide bonds. The first-order chi connectivity index (χ1) is 9.79. The molecule has 2 rings (SSSR count). The van der Waals surface area contributed by atoms with Crippen LogP contribution in [0.5, 0.6) is 5.75 Å². The fourth-order valence-electron chi connectivity index (χ4n) is 2.34. The predicted octanol–water partition coefficient (Wildman–Crippen LogP) is 2.85. The first kappa shape index (κ1) is 14.9. The van der Waals surface area contributed by atoms with Crippen LogP contribution in [-0.4, -0.2) is 16.7 Å². The summed E-state index contributed by atoms with van der Waals surface area (Å²) in [4.78, 5) is 4.67. The Morgan fingerprint density at radius 2 is 2.00 bits per heavy atom. The largest absolute Gasteiger partial charge is 0.495 e. The number of ether oxygens (including phenoxy) is 1. The average Bonchev–Trinajstić information content (AvgIpc) is 2.74. The van der Waals surface area contributed by atoms with Crippen molar-refractivity contribution >= 4 is 5.82 Å². The van der Waals surface area contributed by atoms with Crippen LogP contribution in [0.3, 0.4) is 0 Å². The van der Waals surface area contributed by atoms with Crippen LogP contribution < -0.4 is 10.5 Å². The number of hydrogen-bond donors (Lipinski definition) is 1. The second-order valence-electron chi connectivity index (χ2n) is 6.01. The van der Waals surface area contributed by atoms with Gasteiger partial charge in [0.25, 0.3) is 0 Å². The molecule has 0 saturated heterocycles. The Morgan fingerprint density at radius 1 is 1.33 bits per heavy atom. The summed E-state index contributed by atoms with van der Waals surface area (Å²) in [6, 6.07) is 7.51. The molecule has 0 radical (unpaired) electrons. The molecule has 0 aliphatic carbocycles. The summed E-state index contributed by atoms with van der Waals surface area (Å²) in [6.45, 7) is 6.27. The van der Waals surface area contributed by atoms with E-state index in [2.05, 4.69) is 31.8 Å². The van der Waals surface area contributed by atoms with Gasteiger partial charge in [-0.1, -0.05) is 20.8 Å². The van der Waals surface area contributed by atoms with Crippen LogP contribution in [0.2, 0.25) is 0 Å². The zero-order valence-corrected chi connectivity index (χ0v) is 13.1. The molecule has 21 heavy (non-hydrogen) atoms. The minimum atomic E-state index is -0.106. The van der Waals surface area contributed by atoms with Gasteiger partial charge in [-0.15, -0.1) is 0 Å². The molecule has 1 heterocycles. The number of imidazole rings is 1. The van der Waals surface area contributed by atoms with Gasteiger partial charge in [-0.05, 0) is 18.2 Å². The number of methoxy groups -OCH3 is 1. The Morgan fingerprint density at radius 3 is 2.48 bits per heavy atom. The third-order valence-electron chi connectivity index (χ3n) is 3.40. The Balaban J connectivity index is 2.61. The van der Waals surface area contributed by atoms with Crippen LogP contribution in [0.25, 0.3) is 11.3 Å². The standard InChI is InChI=1S/C16H20N4O/c1-16(2,3)15-19-13(14(18)20(15)4)10-6-7-12(21-5)11(8-10)9-17/h6-8H,18H2,1-5H3. The van der Waals surface area contributed by atoms with E-state index in [9.17, 15) is 5.26 Å². The molecule has 0 unspecified atom stereocenters. The van der Waals surface area contributed by atoms with Crippen molar-refractivity contribution in [3.05, 3.63) is 29.6 Å². The predicted molar refractivity (Wildman–Crippen MR) is 83.0 cm³/mol. The van der Waals surface area contributed by atoms with Crippen LogP contribution in [0.15, 0.2) is 18.2 Å². The van der Waals surface area contributed by atoms with Crippen molar-refractivity contribution in [3.63, 3.8) is 0 Å². The van der Waals surface area contributed by atoms with E-state index in [4.69, 9.17) is 10.5 Å². The van der Waals surface area contributed by atoms with E-state index in [1.165, 1.54) is 0 Å². The summed E-state index contributed by atoms with van der Waals surface area (Å²) < 4.78 is 7.06. The molecular weight excluding hydrogens is 264 g/mol. The second kappa shape index (κ2) is 5.13. The van der Waals surface area contributed by atoms with Gasteiger partial charge in [-0.2, -0.15) is 5.26 Å². The summed E-state index contributed by atoms with van der Waals surface area (Å²) in [5, 5.41) is 9.19. The van der Waals surface area contributed by atoms with Crippen molar-refractivity contribution in [2.75, 3.05) is 12.8 Å². The zero-order valence-electron chi connectivity index (χ0n) is 13.1. The molecule has 2 aromatic rings. The summed E-state index contributed by atoms with van der Waals surface area (Å²) in [5.41, 5.74) is 8.06. The highest BCUT2D eigenvalue weighted by Gasteiger charge is 2.24. The number of nitriles is 1. The summed E-state index contributed by atoms with van der Waals surface area (Å²) in [5.74, 6) is 2.05. The highest BCUT2D eigenvalue weighted by molar-refractivity contribution is 5.73. The Hall–Kier alpha value is -2.48. The van der Waals surface area contributed by atoms with Gasteiger partial charge in [-0.25, -0.2) is 4.98 Å². The number of anilines is 1. The van der Waals surface area contributed by atoms with Crippen molar-refractivity contribution in [2.24, 2.45) is 7.05 Å². The number of nitrogen functional groups attached to an aromatic ring is 1. The van der Waals surface area contributed by atoms with E-state index in [1.807, 2.05) is 17.7 Å². The monoisotopic (exact) mass is 284 g/mol. The maximum Gasteiger partial charge on any atom is 0.136 e. The first-order valence-corrected chi connectivity index (χ1v) is 6.70. The van der Waals surface area contributed by atoms with Crippen LogP contribution >= 0.6 is 0 Å². The van der Waals surface area contributed by atoms with E-state index in [-0.39, 0.29) is 5.41 Å². The van der Waals surface area contributed by atoms with Crippen LogP contribution in [0, 0.1) is 11.3 Å². The van der Waals surface area contributed by atoms with Crippen LogP contribution in [0.4, 0.5) is 5.82 Å². The van der Waals surface area contributed by atoms with Crippen molar-refractivity contribution in [2.45, 2.75) is 26.2 Å². The lowest BCUT2D eigenvalue weighted by atomic mass is 9.96. The molecule has 2 N–H and O–H groups in total. The van der Waals surface area contributed by atoms with E-state index in [0.29, 0.717) is 22.8 Å². The molecule has 0 spiro atoms. The zero-order chi connectivity index (χ0) is 15.8. The fourth-order valence-corrected chi connectivity index (χ4v) is 2.34. The van der Waals surface area contributed by atoms with Gasteiger partial charge in [0, 0.05) is 18.0 Å². The van der Waals surface area contributed by atoms with E-state index < -0.39 is 0 Å². The number of rotatable bonds is 2. The van der Waals surface area contributed by atoms with Gasteiger partial charge >= 0.3 is 0 Å². The minimum absolute atomic E-state index is 0.106. The normalized spacial score (nSPS) is 11.2. The molecule has 0 fully saturated rings. The van der Waals surface area contributed by atoms with Crippen LogP contribution in [-0.2, 0) is 12.5 Å². The highest BCUT2D eigenvalue weighted by Crippen LogP contribution is 2.33. The molecule has 5 heteroatoms. The molecule has 0 aliphatic heterocycles. The number of nitrogens with zero attached hydrogens (tertiary/aromatic N) is 3. The van der Waals surface area contributed by atoms with E-state index >= 15 is 0 Å². The van der Waals surface area contributed by atoms with Gasteiger partial charge in [0.15, 0.2) is 0 Å². The minimum Gasteiger partial charge on any atom is -0.495 e. The first-order valence-electron chi connectivity index (χ1n) is 6.70. The lowest BCUT2D eigenvalue weighted by Crippen LogP contribution is -2.17. The molecule has 0 atom stereocenters. The lowest BCUT2D eigenvalue weighted by molar-refractivity contribution is 0.413. The molecule has 0 aliphatic rings. The molecular formula is C16H20N4O. The SMILES string of the molecule is COc1ccc(-c2nc(C(C)(C)C)n(C)c2N)cc1C#N. The molecule has 110 valence electrons. The van der Waals surface area contributed by atoms with E-state index in [1.54, 1.807) is 19.2 Å². The Labute approximate surface area is 125 Å². The van der Waals surface area contributed by atoms with Crippen molar-refractivity contribution in [1.29, 1.82) is 5.26 Å². The highest BCUT2D eigenvalue weighted by atomic mass is 16.5. The van der Waals surface area contributed by atoms with E-state index in [0.717, 1.165) is 11.4 Å². The third kappa shape index (κ3) is 2.57. The Kier molecular flexibility index (Phi) is 3.65. The lowest BCUT2D eigenvalue weighted by Gasteiger charge is -2.17. The number of nitrogens with two attached hydrogens (primary N) is 1. The number of benzene rings is 1. The van der Waals surface area contributed by atoms with Crippen molar-refractivity contribution in [1.82, 2.24) is 9.55 Å². The number of hydrogen-bond acceptors (Lipinski definition) is 4. The van der Waals surface area contributed by atoms with Crippen molar-refractivity contribution in [3.8, 4) is 23.1 Å². The summed E-state index contributed by atoms with van der Waals surface area (Å²) >= 11 is 0. The topological polar surface area (TPSA) is 76.9 Å². The summed E-state index contributed by atoms with van der Waals surface area (Å²) in [6.07, 6.45) is 0. The second-order valence-corrected chi connectivity index (χ2v) is 6.01. The van der Waals surface area contributed by atoms with Crippen LogP contribution in [0.1, 0.15) is 32.2 Å². The smallest absolute Gasteiger partial charge is 0.136 e. The van der Waals surface area contributed by atoms with Gasteiger partial charge in [-0.3, -0.25) is 0 Å². The maximum absolute atomic E-state index is 9.19. The van der Waals surface area contributed by atoms with Gasteiger partial charge in [0.1, 0.15) is 29.2 Å². The van der Waals surface area contributed by atoms with Gasteiger partial charge in [0.05, 0.1) is 12.7 Å². The quantitative estimate of drug-likeness (QED) is 0.920. The molecule has 1 aromatic heterocycles. The number of aromatic nitrogens is 2. The average molecular weight is 284 g/mol. The van der Waals surface area contributed by atoms with Gasteiger partial charge < -0.3 is 15.0 Å². The molecule has 0 bridgehead atoms. The molecule has 5 nitrogen and oxygen atoms in total. The maximum atomic E-state index is 9.19. The Bertz CT molecular complexity index is 717. The fraction of sp³-hybridized carbons (Fsp3) is 0.375. The van der Waals surface area contributed by atoms with Gasteiger partial charge in [0.2, 0.25) is 0 Å². The molecule has 0 saturated carbocycles. The van der Waals surface area contributed by atoms with Crippen molar-refractivity contribution < 1.29 is 4.74 Å². The summed E-state index contributed by atoms with van der Waals surface area (Å²) in [7, 11) is 3.45. The molecule has 1 aromatic carbocycles.